The highest BCUT2D eigenvalue weighted by atomic mass is 35.5. The van der Waals surface area contributed by atoms with Crippen molar-refractivity contribution in [1.29, 1.82) is 0 Å². The third kappa shape index (κ3) is 2.65. The standard InChI is InChI=1S/C13H12ClFN2O/c1-18-13-7-9(3-4-11(13)16)17-12-5-2-8(15)6-10(12)14/h2-7,17H,16H2,1H3. The molecule has 2 aromatic carbocycles. The summed E-state index contributed by atoms with van der Waals surface area (Å²) in [6, 6.07) is 9.41. The van der Waals surface area contributed by atoms with Gasteiger partial charge in [0, 0.05) is 11.8 Å². The minimum absolute atomic E-state index is 0.311. The van der Waals surface area contributed by atoms with Crippen LogP contribution < -0.4 is 15.8 Å². The largest absolute Gasteiger partial charge is 0.495 e. The lowest BCUT2D eigenvalue weighted by atomic mass is 10.2. The van der Waals surface area contributed by atoms with Gasteiger partial charge in [-0.15, -0.1) is 0 Å². The molecule has 0 saturated carbocycles. The van der Waals surface area contributed by atoms with Gasteiger partial charge in [-0.3, -0.25) is 0 Å². The van der Waals surface area contributed by atoms with E-state index in [1.165, 1.54) is 12.1 Å². The quantitative estimate of drug-likeness (QED) is 0.831. The molecule has 0 atom stereocenters. The van der Waals surface area contributed by atoms with E-state index in [0.29, 0.717) is 22.1 Å². The molecule has 0 spiro atoms. The van der Waals surface area contributed by atoms with Crippen LogP contribution in [0.3, 0.4) is 0 Å². The van der Waals surface area contributed by atoms with Crippen molar-refractivity contribution >= 4 is 28.7 Å². The topological polar surface area (TPSA) is 47.3 Å². The van der Waals surface area contributed by atoms with Gasteiger partial charge in [-0.05, 0) is 30.3 Å². The molecule has 0 aromatic heterocycles. The zero-order chi connectivity index (χ0) is 13.1. The molecule has 3 N–H and O–H groups in total. The van der Waals surface area contributed by atoms with Gasteiger partial charge in [0.15, 0.2) is 0 Å². The van der Waals surface area contributed by atoms with E-state index in [2.05, 4.69) is 5.32 Å². The SMILES string of the molecule is COc1cc(Nc2ccc(F)cc2Cl)ccc1N. The number of methoxy groups -OCH3 is 1. The molecule has 0 heterocycles. The third-order valence-corrected chi connectivity index (χ3v) is 2.76. The van der Waals surface area contributed by atoms with Gasteiger partial charge in [-0.1, -0.05) is 11.6 Å². The molecular weight excluding hydrogens is 255 g/mol. The summed E-state index contributed by atoms with van der Waals surface area (Å²) >= 11 is 5.93. The summed E-state index contributed by atoms with van der Waals surface area (Å²) in [6.07, 6.45) is 0. The van der Waals surface area contributed by atoms with Gasteiger partial charge in [-0.25, -0.2) is 4.39 Å². The van der Waals surface area contributed by atoms with E-state index in [-0.39, 0.29) is 5.82 Å². The summed E-state index contributed by atoms with van der Waals surface area (Å²) in [5, 5.41) is 3.38. The van der Waals surface area contributed by atoms with Crippen molar-refractivity contribution in [3.8, 4) is 5.75 Å². The molecule has 0 radical (unpaired) electrons. The van der Waals surface area contributed by atoms with Crippen molar-refractivity contribution < 1.29 is 9.13 Å². The fraction of sp³-hybridized carbons (Fsp3) is 0.0769. The maximum Gasteiger partial charge on any atom is 0.143 e. The normalized spacial score (nSPS) is 10.2. The molecule has 0 aliphatic rings. The molecule has 0 fully saturated rings. The zero-order valence-electron chi connectivity index (χ0n) is 9.71. The van der Waals surface area contributed by atoms with E-state index in [9.17, 15) is 4.39 Å². The Hall–Kier alpha value is -1.94. The molecule has 5 heteroatoms. The highest BCUT2D eigenvalue weighted by molar-refractivity contribution is 6.33. The fourth-order valence-corrected chi connectivity index (χ4v) is 1.75. The fourth-order valence-electron chi connectivity index (χ4n) is 1.54. The number of nitrogens with one attached hydrogen (secondary N) is 1. The summed E-state index contributed by atoms with van der Waals surface area (Å²) in [4.78, 5) is 0. The van der Waals surface area contributed by atoms with Crippen LogP contribution in [0.1, 0.15) is 0 Å². The van der Waals surface area contributed by atoms with Crippen LogP contribution >= 0.6 is 11.6 Å². The Morgan fingerprint density at radius 1 is 1.22 bits per heavy atom. The predicted octanol–water partition coefficient (Wildman–Crippen LogP) is 3.81. The van der Waals surface area contributed by atoms with Crippen LogP contribution in [0.15, 0.2) is 36.4 Å². The monoisotopic (exact) mass is 266 g/mol. The number of nitrogen functional groups attached to an aromatic ring is 1. The zero-order valence-corrected chi connectivity index (χ0v) is 10.5. The lowest BCUT2D eigenvalue weighted by Crippen LogP contribution is -1.96. The van der Waals surface area contributed by atoms with Crippen LogP contribution in [0.25, 0.3) is 0 Å². The second-order valence-electron chi connectivity index (χ2n) is 3.71. The molecule has 18 heavy (non-hydrogen) atoms. The van der Waals surface area contributed by atoms with Crippen molar-refractivity contribution in [2.24, 2.45) is 0 Å². The number of hydrogen-bond donors (Lipinski definition) is 2. The maximum atomic E-state index is 12.9. The number of hydrogen-bond acceptors (Lipinski definition) is 3. The minimum atomic E-state index is -0.375. The second kappa shape index (κ2) is 5.14. The molecule has 94 valence electrons. The lowest BCUT2D eigenvalue weighted by Gasteiger charge is -2.11. The van der Waals surface area contributed by atoms with Crippen LogP contribution in [0.5, 0.6) is 5.75 Å². The number of anilines is 3. The van der Waals surface area contributed by atoms with Crippen LogP contribution in [-0.4, -0.2) is 7.11 Å². The molecule has 2 aromatic rings. The second-order valence-corrected chi connectivity index (χ2v) is 4.11. The molecule has 3 nitrogen and oxygen atoms in total. The number of rotatable bonds is 3. The summed E-state index contributed by atoms with van der Waals surface area (Å²) in [6.45, 7) is 0. The van der Waals surface area contributed by atoms with E-state index in [0.717, 1.165) is 5.69 Å². The van der Waals surface area contributed by atoms with Crippen LogP contribution in [0.2, 0.25) is 5.02 Å². The Balaban J connectivity index is 2.28. The first kappa shape index (κ1) is 12.5. The number of nitrogens with two attached hydrogens (primary N) is 1. The Kier molecular flexibility index (Phi) is 3.58. The Labute approximate surface area is 109 Å². The van der Waals surface area contributed by atoms with Gasteiger partial charge < -0.3 is 15.8 Å². The van der Waals surface area contributed by atoms with Crippen molar-refractivity contribution in [3.63, 3.8) is 0 Å². The Morgan fingerprint density at radius 3 is 2.67 bits per heavy atom. The third-order valence-electron chi connectivity index (χ3n) is 2.44. The average molecular weight is 267 g/mol. The van der Waals surface area contributed by atoms with Gasteiger partial charge in [0.25, 0.3) is 0 Å². The molecule has 2 rings (SSSR count). The molecular formula is C13H12ClFN2O. The molecule has 0 aliphatic heterocycles. The van der Waals surface area contributed by atoms with Gasteiger partial charge in [0.1, 0.15) is 11.6 Å². The summed E-state index contributed by atoms with van der Waals surface area (Å²) < 4.78 is 18.0. The average Bonchev–Trinajstić information content (AvgIpc) is 2.35. The first-order chi connectivity index (χ1) is 8.60. The summed E-state index contributed by atoms with van der Waals surface area (Å²) in [5.74, 6) is 0.193. The molecule has 0 unspecified atom stereocenters. The molecule has 0 aliphatic carbocycles. The number of ether oxygens (including phenoxy) is 1. The van der Waals surface area contributed by atoms with Crippen molar-refractivity contribution in [2.75, 3.05) is 18.2 Å². The van der Waals surface area contributed by atoms with E-state index in [1.807, 2.05) is 0 Å². The number of halogens is 2. The summed E-state index contributed by atoms with van der Waals surface area (Å²) in [7, 11) is 1.54. The highest BCUT2D eigenvalue weighted by Crippen LogP contribution is 2.30. The van der Waals surface area contributed by atoms with Gasteiger partial charge in [-0.2, -0.15) is 0 Å². The van der Waals surface area contributed by atoms with Crippen molar-refractivity contribution in [3.05, 3.63) is 47.2 Å². The predicted molar refractivity (Wildman–Crippen MR) is 72.1 cm³/mol. The van der Waals surface area contributed by atoms with Gasteiger partial charge >= 0.3 is 0 Å². The Bertz CT molecular complexity index is 575. The van der Waals surface area contributed by atoms with Gasteiger partial charge in [0.05, 0.1) is 23.5 Å². The molecule has 0 amide bonds. The van der Waals surface area contributed by atoms with Crippen molar-refractivity contribution in [2.45, 2.75) is 0 Å². The van der Waals surface area contributed by atoms with E-state index < -0.39 is 0 Å². The lowest BCUT2D eigenvalue weighted by molar-refractivity contribution is 0.417. The smallest absolute Gasteiger partial charge is 0.143 e. The first-order valence-corrected chi connectivity index (χ1v) is 5.63. The van der Waals surface area contributed by atoms with Crippen molar-refractivity contribution in [1.82, 2.24) is 0 Å². The molecule has 0 bridgehead atoms. The minimum Gasteiger partial charge on any atom is -0.495 e. The van der Waals surface area contributed by atoms with E-state index in [4.69, 9.17) is 22.1 Å². The molecule has 0 saturated heterocycles. The number of benzene rings is 2. The Morgan fingerprint density at radius 2 is 2.00 bits per heavy atom. The van der Waals surface area contributed by atoms with Gasteiger partial charge in [0.2, 0.25) is 0 Å². The van der Waals surface area contributed by atoms with Crippen LogP contribution in [-0.2, 0) is 0 Å². The van der Waals surface area contributed by atoms with Crippen LogP contribution in [0, 0.1) is 5.82 Å². The highest BCUT2D eigenvalue weighted by Gasteiger charge is 2.05. The first-order valence-electron chi connectivity index (χ1n) is 5.26. The maximum absolute atomic E-state index is 12.9. The van der Waals surface area contributed by atoms with E-state index >= 15 is 0 Å². The van der Waals surface area contributed by atoms with E-state index in [1.54, 1.807) is 31.4 Å². The summed E-state index contributed by atoms with van der Waals surface area (Å²) in [5.41, 5.74) is 7.64. The van der Waals surface area contributed by atoms with Crippen LogP contribution in [0.4, 0.5) is 21.5 Å².